The summed E-state index contributed by atoms with van der Waals surface area (Å²) in [5.74, 6) is 0. The Labute approximate surface area is 126 Å². The molecular formula is C16H14ClTi. The molecule has 1 aromatic rings. The van der Waals surface area contributed by atoms with E-state index in [1.807, 2.05) is 0 Å². The van der Waals surface area contributed by atoms with Gasteiger partial charge in [0.25, 0.3) is 0 Å². The summed E-state index contributed by atoms with van der Waals surface area (Å²) in [5, 5.41) is 0. The van der Waals surface area contributed by atoms with Gasteiger partial charge in [-0.15, -0.1) is 12.4 Å². The van der Waals surface area contributed by atoms with E-state index in [1.54, 1.807) is 0 Å². The van der Waals surface area contributed by atoms with Crippen LogP contribution < -0.4 is 3.87 Å². The van der Waals surface area contributed by atoms with Gasteiger partial charge in [0.2, 0.25) is 0 Å². The van der Waals surface area contributed by atoms with Gasteiger partial charge in [0, 0.05) is 0 Å². The van der Waals surface area contributed by atoms with E-state index in [2.05, 4.69) is 75.1 Å². The molecule has 0 amide bonds. The Morgan fingerprint density at radius 3 is 2.17 bits per heavy atom. The first kappa shape index (κ1) is 13.6. The number of hydrogen-bond donors (Lipinski definition) is 0. The number of hydrogen-bond acceptors (Lipinski definition) is 0. The molecule has 0 bridgehead atoms. The van der Waals surface area contributed by atoms with Gasteiger partial charge in [0.05, 0.1) is 0 Å². The molecule has 3 rings (SSSR count). The SMILES string of the molecule is Cl.[Ti][c]1cccc(C2=CC=CC2)c1C1=CC=CC1. The molecule has 2 heteroatoms. The van der Waals surface area contributed by atoms with Crippen molar-refractivity contribution in [2.24, 2.45) is 0 Å². The maximum atomic E-state index is 2.25. The zero-order valence-corrected chi connectivity index (χ0v) is 12.4. The maximum absolute atomic E-state index is 2.25. The molecule has 0 spiro atoms. The molecular weight excluding hydrogens is 275 g/mol. The van der Waals surface area contributed by atoms with Crippen molar-refractivity contribution in [1.29, 1.82) is 0 Å². The van der Waals surface area contributed by atoms with E-state index in [9.17, 15) is 0 Å². The summed E-state index contributed by atoms with van der Waals surface area (Å²) in [6, 6.07) is 6.62. The quantitative estimate of drug-likeness (QED) is 0.723. The molecule has 0 fully saturated rings. The molecule has 0 aromatic heterocycles. The molecule has 0 saturated heterocycles. The predicted octanol–water partition coefficient (Wildman–Crippen LogP) is 3.97. The van der Waals surface area contributed by atoms with E-state index in [4.69, 9.17) is 0 Å². The van der Waals surface area contributed by atoms with E-state index in [-0.39, 0.29) is 12.4 Å². The van der Waals surface area contributed by atoms with Crippen LogP contribution in [0, 0.1) is 0 Å². The van der Waals surface area contributed by atoms with Gasteiger partial charge in [-0.05, 0) is 0 Å². The van der Waals surface area contributed by atoms with Gasteiger partial charge >= 0.3 is 114 Å². The van der Waals surface area contributed by atoms with Crippen LogP contribution in [0.1, 0.15) is 24.0 Å². The second kappa shape index (κ2) is 5.88. The third-order valence-corrected chi connectivity index (χ3v) is 3.92. The van der Waals surface area contributed by atoms with E-state index in [0.29, 0.717) is 0 Å². The number of allylic oxidation sites excluding steroid dienone is 8. The van der Waals surface area contributed by atoms with Crippen molar-refractivity contribution in [3.05, 3.63) is 65.8 Å². The fraction of sp³-hybridized carbons (Fsp3) is 0.125. The van der Waals surface area contributed by atoms with Crippen LogP contribution in [-0.2, 0) is 20.4 Å². The Kier molecular flexibility index (Phi) is 4.45. The second-order valence-corrected chi connectivity index (χ2v) is 5.22. The van der Waals surface area contributed by atoms with Gasteiger partial charge in [-0.3, -0.25) is 0 Å². The van der Waals surface area contributed by atoms with Crippen molar-refractivity contribution in [3.8, 4) is 0 Å². The van der Waals surface area contributed by atoms with Crippen molar-refractivity contribution in [2.45, 2.75) is 12.8 Å². The molecule has 0 nitrogen and oxygen atoms in total. The summed E-state index contributed by atoms with van der Waals surface area (Å²) in [6.07, 6.45) is 15.4. The zero-order valence-electron chi connectivity index (χ0n) is 10.0. The summed E-state index contributed by atoms with van der Waals surface area (Å²) in [4.78, 5) is 0. The molecule has 0 radical (unpaired) electrons. The molecule has 0 N–H and O–H groups in total. The van der Waals surface area contributed by atoms with Crippen molar-refractivity contribution in [1.82, 2.24) is 0 Å². The van der Waals surface area contributed by atoms with E-state index < -0.39 is 0 Å². The van der Waals surface area contributed by atoms with E-state index in [1.165, 1.54) is 26.1 Å². The number of halogens is 1. The van der Waals surface area contributed by atoms with Gasteiger partial charge in [-0.1, -0.05) is 0 Å². The molecule has 0 aliphatic heterocycles. The minimum atomic E-state index is 0. The number of rotatable bonds is 2. The Balaban J connectivity index is 0.00000120. The predicted molar refractivity (Wildman–Crippen MR) is 76.8 cm³/mol. The normalized spacial score (nSPS) is 16.4. The summed E-state index contributed by atoms with van der Waals surface area (Å²) in [5.41, 5.74) is 5.74. The Hall–Kier alpha value is -0.816. The number of benzene rings is 1. The third-order valence-electron chi connectivity index (χ3n) is 3.27. The molecule has 2 aliphatic rings. The van der Waals surface area contributed by atoms with Crippen LogP contribution >= 0.6 is 12.4 Å². The van der Waals surface area contributed by atoms with Crippen LogP contribution in [-0.4, -0.2) is 0 Å². The molecule has 89 valence electrons. The molecule has 1 aromatic carbocycles. The molecule has 2 aliphatic carbocycles. The van der Waals surface area contributed by atoms with Crippen LogP contribution in [0.3, 0.4) is 0 Å². The van der Waals surface area contributed by atoms with Gasteiger partial charge in [0.15, 0.2) is 0 Å². The van der Waals surface area contributed by atoms with E-state index in [0.717, 1.165) is 12.8 Å². The summed E-state index contributed by atoms with van der Waals surface area (Å²) >= 11 is 2.21. The van der Waals surface area contributed by atoms with Crippen molar-refractivity contribution >= 4 is 27.4 Å². The van der Waals surface area contributed by atoms with Gasteiger partial charge < -0.3 is 0 Å². The average Bonchev–Trinajstić information content (AvgIpc) is 3.02. The Morgan fingerprint density at radius 1 is 0.889 bits per heavy atom. The van der Waals surface area contributed by atoms with Crippen molar-refractivity contribution < 1.29 is 20.4 Å². The fourth-order valence-corrected chi connectivity index (χ4v) is 3.06. The van der Waals surface area contributed by atoms with Crippen LogP contribution in [0.5, 0.6) is 0 Å². The fourth-order valence-electron chi connectivity index (χ4n) is 2.45. The van der Waals surface area contributed by atoms with Crippen LogP contribution in [0.25, 0.3) is 11.1 Å². The first-order valence-corrected chi connectivity index (χ1v) is 6.71. The Bertz CT molecular complexity index is 577. The summed E-state index contributed by atoms with van der Waals surface area (Å²) in [6.45, 7) is 0. The van der Waals surface area contributed by atoms with Crippen LogP contribution in [0.4, 0.5) is 0 Å². The van der Waals surface area contributed by atoms with Crippen molar-refractivity contribution in [3.63, 3.8) is 0 Å². The molecule has 18 heavy (non-hydrogen) atoms. The molecule has 0 unspecified atom stereocenters. The van der Waals surface area contributed by atoms with E-state index >= 15 is 0 Å². The first-order valence-electron chi connectivity index (χ1n) is 5.93. The molecule has 0 heterocycles. The topological polar surface area (TPSA) is 0 Å². The van der Waals surface area contributed by atoms with Gasteiger partial charge in [-0.25, -0.2) is 0 Å². The second-order valence-electron chi connectivity index (χ2n) is 4.38. The summed E-state index contributed by atoms with van der Waals surface area (Å²) in [7, 11) is 0. The zero-order chi connectivity index (χ0) is 11.7. The van der Waals surface area contributed by atoms with Gasteiger partial charge in [0.1, 0.15) is 0 Å². The summed E-state index contributed by atoms with van der Waals surface area (Å²) < 4.78 is 1.38. The van der Waals surface area contributed by atoms with Crippen LogP contribution in [0.15, 0.2) is 54.7 Å². The van der Waals surface area contributed by atoms with Crippen LogP contribution in [0.2, 0.25) is 0 Å². The first-order chi connectivity index (χ1) is 8.36. The third kappa shape index (κ3) is 2.47. The Morgan fingerprint density at radius 2 is 1.56 bits per heavy atom. The average molecular weight is 290 g/mol. The molecule has 0 saturated carbocycles. The molecule has 0 atom stereocenters. The van der Waals surface area contributed by atoms with Crippen molar-refractivity contribution in [2.75, 3.05) is 0 Å². The standard InChI is InChI=1S/C16H13.ClH.Ti/c1-2-8-13(7-1)15-11-5-6-12-16(15)14-9-3-4-10-14;;/h1-7,9,11H,8,10H2;1H;. The monoisotopic (exact) mass is 289 g/mol. The van der Waals surface area contributed by atoms with Gasteiger partial charge in [-0.2, -0.15) is 0 Å². The minimum absolute atomic E-state index is 0.